The van der Waals surface area contributed by atoms with E-state index in [0.29, 0.717) is 24.5 Å². The van der Waals surface area contributed by atoms with E-state index in [1.54, 1.807) is 0 Å². The summed E-state index contributed by atoms with van der Waals surface area (Å²) >= 11 is 0. The van der Waals surface area contributed by atoms with Gasteiger partial charge < -0.3 is 15.4 Å². The molecule has 2 amide bonds. The van der Waals surface area contributed by atoms with Crippen LogP contribution >= 0.6 is 0 Å². The Morgan fingerprint density at radius 2 is 2.25 bits per heavy atom. The Bertz CT molecular complexity index is 571. The number of amides is 2. The Hall–Kier alpha value is -1.56. The molecule has 2 fully saturated rings. The van der Waals surface area contributed by atoms with Crippen LogP contribution in [0.1, 0.15) is 44.0 Å². The standard InChI is InChI=1S/C18H30N4O2/c1-12(11-22-14(3)9-13(2)21-22)10-19-18(23)20-16-5-4-6-17-15(16)7-8-24-17/h9,12,15-17H,4-8,10-11H2,1-3H3,(H2,19,20,23)/t12-,15+,16-,17-/m1/s1. The predicted octanol–water partition coefficient (Wildman–Crippen LogP) is 2.39. The quantitative estimate of drug-likeness (QED) is 0.869. The van der Waals surface area contributed by atoms with E-state index in [2.05, 4.69) is 35.6 Å². The van der Waals surface area contributed by atoms with Gasteiger partial charge >= 0.3 is 6.03 Å². The number of hydrogen-bond donors (Lipinski definition) is 2. The van der Waals surface area contributed by atoms with Gasteiger partial charge in [0.15, 0.2) is 0 Å². The normalized spacial score (nSPS) is 27.5. The third kappa shape index (κ3) is 4.09. The largest absolute Gasteiger partial charge is 0.378 e. The van der Waals surface area contributed by atoms with E-state index in [1.165, 1.54) is 5.69 Å². The van der Waals surface area contributed by atoms with Crippen LogP contribution in [0.15, 0.2) is 6.07 Å². The molecule has 1 aromatic heterocycles. The Morgan fingerprint density at radius 1 is 1.42 bits per heavy atom. The van der Waals surface area contributed by atoms with Crippen molar-refractivity contribution in [1.29, 1.82) is 0 Å². The maximum atomic E-state index is 12.2. The minimum absolute atomic E-state index is 0.0484. The van der Waals surface area contributed by atoms with Crippen LogP contribution in [0.4, 0.5) is 4.79 Å². The lowest BCUT2D eigenvalue weighted by Gasteiger charge is -2.33. The van der Waals surface area contributed by atoms with Gasteiger partial charge in [0.1, 0.15) is 0 Å². The summed E-state index contributed by atoms with van der Waals surface area (Å²) in [5.74, 6) is 0.833. The summed E-state index contributed by atoms with van der Waals surface area (Å²) in [4.78, 5) is 12.2. The van der Waals surface area contributed by atoms with E-state index >= 15 is 0 Å². The van der Waals surface area contributed by atoms with Crippen molar-refractivity contribution in [3.63, 3.8) is 0 Å². The number of ether oxygens (including phenoxy) is 1. The molecule has 3 rings (SSSR count). The van der Waals surface area contributed by atoms with E-state index in [0.717, 1.165) is 44.5 Å². The Kier molecular flexibility index (Phi) is 5.43. The Labute approximate surface area is 144 Å². The monoisotopic (exact) mass is 334 g/mol. The summed E-state index contributed by atoms with van der Waals surface area (Å²) in [6.45, 7) is 8.52. The number of aryl methyl sites for hydroxylation is 2. The first-order valence-corrected chi connectivity index (χ1v) is 9.20. The molecule has 0 bridgehead atoms. The molecule has 1 aliphatic carbocycles. The molecule has 4 atom stereocenters. The zero-order valence-corrected chi connectivity index (χ0v) is 15.0. The highest BCUT2D eigenvalue weighted by atomic mass is 16.5. The molecule has 2 heterocycles. The number of aromatic nitrogens is 2. The average molecular weight is 334 g/mol. The van der Waals surface area contributed by atoms with Crippen LogP contribution in [0.5, 0.6) is 0 Å². The number of carbonyl (C=O) groups is 1. The molecule has 6 heteroatoms. The third-order valence-corrected chi connectivity index (χ3v) is 5.30. The van der Waals surface area contributed by atoms with Crippen LogP contribution < -0.4 is 10.6 Å². The van der Waals surface area contributed by atoms with Crippen LogP contribution in [-0.2, 0) is 11.3 Å². The molecule has 0 spiro atoms. The van der Waals surface area contributed by atoms with Gasteiger partial charge in [-0.1, -0.05) is 6.92 Å². The van der Waals surface area contributed by atoms with E-state index in [1.807, 2.05) is 11.6 Å². The molecular formula is C18H30N4O2. The van der Waals surface area contributed by atoms with Gasteiger partial charge in [0.05, 0.1) is 11.8 Å². The fourth-order valence-electron chi connectivity index (χ4n) is 4.06. The summed E-state index contributed by atoms with van der Waals surface area (Å²) in [5.41, 5.74) is 2.20. The number of nitrogens with one attached hydrogen (secondary N) is 2. The van der Waals surface area contributed by atoms with Gasteiger partial charge in [-0.25, -0.2) is 4.79 Å². The molecule has 1 saturated heterocycles. The van der Waals surface area contributed by atoms with Gasteiger partial charge in [0.25, 0.3) is 0 Å². The lowest BCUT2D eigenvalue weighted by Crippen LogP contribution is -2.50. The SMILES string of the molecule is Cc1cc(C)n(C[C@H](C)CNC(=O)N[C@@H]2CCC[C@H]3OCC[C@@H]23)n1. The maximum Gasteiger partial charge on any atom is 0.315 e. The van der Waals surface area contributed by atoms with Crippen LogP contribution in [0.2, 0.25) is 0 Å². The van der Waals surface area contributed by atoms with Crippen LogP contribution in [0, 0.1) is 25.7 Å². The van der Waals surface area contributed by atoms with E-state index in [4.69, 9.17) is 4.74 Å². The van der Waals surface area contributed by atoms with Crippen molar-refractivity contribution in [1.82, 2.24) is 20.4 Å². The van der Waals surface area contributed by atoms with Crippen LogP contribution in [-0.4, -0.2) is 41.1 Å². The summed E-state index contributed by atoms with van der Waals surface area (Å²) in [7, 11) is 0. The molecule has 24 heavy (non-hydrogen) atoms. The topological polar surface area (TPSA) is 68.2 Å². The van der Waals surface area contributed by atoms with Crippen molar-refractivity contribution in [3.8, 4) is 0 Å². The molecule has 0 aromatic carbocycles. The Morgan fingerprint density at radius 3 is 3.00 bits per heavy atom. The highest BCUT2D eigenvalue weighted by molar-refractivity contribution is 5.74. The molecule has 134 valence electrons. The van der Waals surface area contributed by atoms with Gasteiger partial charge in [-0.3, -0.25) is 4.68 Å². The minimum atomic E-state index is -0.0484. The third-order valence-electron chi connectivity index (χ3n) is 5.30. The molecule has 0 radical (unpaired) electrons. The van der Waals surface area contributed by atoms with Gasteiger partial charge in [0.2, 0.25) is 0 Å². The predicted molar refractivity (Wildman–Crippen MR) is 92.9 cm³/mol. The van der Waals surface area contributed by atoms with Crippen molar-refractivity contribution < 1.29 is 9.53 Å². The number of carbonyl (C=O) groups excluding carboxylic acids is 1. The lowest BCUT2D eigenvalue weighted by molar-refractivity contribution is 0.0549. The lowest BCUT2D eigenvalue weighted by atomic mass is 9.82. The Balaban J connectivity index is 1.42. The first-order chi connectivity index (χ1) is 11.5. The number of fused-ring (bicyclic) bond motifs is 1. The number of urea groups is 1. The smallest absolute Gasteiger partial charge is 0.315 e. The second-order valence-corrected chi connectivity index (χ2v) is 7.47. The molecular weight excluding hydrogens is 304 g/mol. The van der Waals surface area contributed by atoms with Crippen molar-refractivity contribution in [2.24, 2.45) is 11.8 Å². The number of hydrogen-bond acceptors (Lipinski definition) is 3. The van der Waals surface area contributed by atoms with Gasteiger partial charge in [-0.2, -0.15) is 5.10 Å². The first kappa shape index (κ1) is 17.3. The molecule has 0 unspecified atom stereocenters. The fourth-order valence-corrected chi connectivity index (χ4v) is 4.06. The van der Waals surface area contributed by atoms with Crippen molar-refractivity contribution in [2.45, 2.75) is 65.1 Å². The zero-order valence-electron chi connectivity index (χ0n) is 15.0. The van der Waals surface area contributed by atoms with E-state index in [-0.39, 0.29) is 12.1 Å². The minimum Gasteiger partial charge on any atom is -0.378 e. The fraction of sp³-hybridized carbons (Fsp3) is 0.778. The molecule has 1 aliphatic heterocycles. The molecule has 6 nitrogen and oxygen atoms in total. The van der Waals surface area contributed by atoms with Crippen LogP contribution in [0.25, 0.3) is 0 Å². The first-order valence-electron chi connectivity index (χ1n) is 9.20. The summed E-state index contributed by atoms with van der Waals surface area (Å²) in [6, 6.07) is 2.29. The second-order valence-electron chi connectivity index (χ2n) is 7.47. The average Bonchev–Trinajstić information content (AvgIpc) is 3.13. The molecule has 2 aliphatic rings. The van der Waals surface area contributed by atoms with Gasteiger partial charge in [0, 0.05) is 37.4 Å². The maximum absolute atomic E-state index is 12.2. The molecule has 2 N–H and O–H groups in total. The second kappa shape index (κ2) is 7.55. The molecule has 1 aromatic rings. The van der Waals surface area contributed by atoms with E-state index < -0.39 is 0 Å². The highest BCUT2D eigenvalue weighted by Crippen LogP contribution is 2.34. The van der Waals surface area contributed by atoms with Crippen molar-refractivity contribution >= 4 is 6.03 Å². The zero-order chi connectivity index (χ0) is 17.1. The van der Waals surface area contributed by atoms with E-state index in [9.17, 15) is 4.79 Å². The van der Waals surface area contributed by atoms with Gasteiger partial charge in [-0.15, -0.1) is 0 Å². The van der Waals surface area contributed by atoms with Crippen LogP contribution in [0.3, 0.4) is 0 Å². The molecule has 1 saturated carbocycles. The van der Waals surface area contributed by atoms with Crippen molar-refractivity contribution in [2.75, 3.05) is 13.2 Å². The summed E-state index contributed by atoms with van der Waals surface area (Å²) in [6.07, 6.45) is 4.78. The highest BCUT2D eigenvalue weighted by Gasteiger charge is 2.38. The van der Waals surface area contributed by atoms with Crippen molar-refractivity contribution in [3.05, 3.63) is 17.5 Å². The van der Waals surface area contributed by atoms with Gasteiger partial charge in [-0.05, 0) is 51.5 Å². The summed E-state index contributed by atoms with van der Waals surface area (Å²) < 4.78 is 7.78. The number of nitrogens with zero attached hydrogens (tertiary/aromatic N) is 2. The summed E-state index contributed by atoms with van der Waals surface area (Å²) in [5, 5.41) is 10.7. The number of rotatable bonds is 5.